The average molecular weight is 529 g/mol. The van der Waals surface area contributed by atoms with Crippen molar-refractivity contribution < 1.29 is 22.6 Å². The van der Waals surface area contributed by atoms with Gasteiger partial charge in [-0.3, -0.25) is 4.57 Å². The first-order chi connectivity index (χ1) is 17.8. The number of likely N-dealkylation sites (N-methyl/N-ethyl adjacent to an activating group) is 1. The van der Waals surface area contributed by atoms with Crippen molar-refractivity contribution in [1.82, 2.24) is 24.4 Å². The van der Waals surface area contributed by atoms with Gasteiger partial charge in [-0.15, -0.1) is 5.10 Å². The number of hydrogen-bond donors (Lipinski definition) is 1. The van der Waals surface area contributed by atoms with Crippen LogP contribution in [0.25, 0.3) is 0 Å². The van der Waals surface area contributed by atoms with E-state index in [1.54, 1.807) is 17.6 Å². The van der Waals surface area contributed by atoms with Crippen molar-refractivity contribution >= 4 is 15.7 Å². The lowest BCUT2D eigenvalue weighted by Gasteiger charge is -2.34. The number of fused-ring (bicyclic) bond motifs is 1. The number of aromatic nitrogens is 3. The van der Waals surface area contributed by atoms with Crippen LogP contribution >= 0.6 is 0 Å². The summed E-state index contributed by atoms with van der Waals surface area (Å²) < 4.78 is 47.8. The number of rotatable bonds is 8. The number of sulfonamides is 1. The smallest absolute Gasteiger partial charge is 0.322 e. The van der Waals surface area contributed by atoms with Crippen molar-refractivity contribution in [2.45, 2.75) is 31.3 Å². The highest BCUT2D eigenvalue weighted by atomic mass is 32.2. The maximum absolute atomic E-state index is 13.1. The van der Waals surface area contributed by atoms with E-state index < -0.39 is 16.1 Å². The van der Waals surface area contributed by atoms with E-state index in [9.17, 15) is 8.42 Å². The summed E-state index contributed by atoms with van der Waals surface area (Å²) in [7, 11) is -1.73. The van der Waals surface area contributed by atoms with Gasteiger partial charge in [0.2, 0.25) is 10.0 Å². The largest absolute Gasteiger partial charge is 0.486 e. The predicted molar refractivity (Wildman–Crippen MR) is 138 cm³/mol. The van der Waals surface area contributed by atoms with E-state index in [1.165, 1.54) is 12.1 Å². The van der Waals surface area contributed by atoms with Gasteiger partial charge in [-0.2, -0.15) is 0 Å². The van der Waals surface area contributed by atoms with Crippen LogP contribution in [0.5, 0.6) is 23.3 Å². The van der Waals surface area contributed by atoms with Crippen LogP contribution in [0.2, 0.25) is 0 Å². The molecular weight excluding hydrogens is 496 g/mol. The third-order valence-electron chi connectivity index (χ3n) is 6.50. The predicted octanol–water partition coefficient (Wildman–Crippen LogP) is 2.65. The molecule has 0 bridgehead atoms. The molecule has 2 aromatic carbocycles. The molecule has 0 aliphatic carbocycles. The van der Waals surface area contributed by atoms with Crippen LogP contribution in [-0.2, 0) is 16.6 Å². The normalized spacial score (nSPS) is 17.0. The summed E-state index contributed by atoms with van der Waals surface area (Å²) in [5, 5.41) is 8.47. The average Bonchev–Trinajstić information content (AvgIpc) is 3.31. The number of hydrogen-bond acceptors (Lipinski definition) is 9. The van der Waals surface area contributed by atoms with Crippen LogP contribution in [0.4, 0.5) is 5.69 Å². The number of benzene rings is 2. The first kappa shape index (κ1) is 25.3. The van der Waals surface area contributed by atoms with E-state index in [0.29, 0.717) is 48.8 Å². The monoisotopic (exact) mass is 528 g/mol. The minimum Gasteiger partial charge on any atom is -0.486 e. The Kier molecular flexibility index (Phi) is 7.22. The van der Waals surface area contributed by atoms with Crippen LogP contribution in [-0.4, -0.2) is 74.5 Å². The topological polar surface area (TPSA) is 111 Å². The zero-order chi connectivity index (χ0) is 26.0. The molecule has 198 valence electrons. The molecule has 3 heterocycles. The van der Waals surface area contributed by atoms with Crippen LogP contribution in [0.15, 0.2) is 47.4 Å². The van der Waals surface area contributed by atoms with E-state index in [2.05, 4.69) is 37.8 Å². The first-order valence-electron chi connectivity index (χ1n) is 12.4. The second-order valence-electron chi connectivity index (χ2n) is 9.12. The highest BCUT2D eigenvalue weighted by Crippen LogP contribution is 2.33. The van der Waals surface area contributed by atoms with Gasteiger partial charge in [0.25, 0.3) is 0 Å². The summed E-state index contributed by atoms with van der Waals surface area (Å²) in [6, 6.07) is 12.1. The van der Waals surface area contributed by atoms with Gasteiger partial charge in [-0.25, -0.2) is 13.1 Å². The molecule has 0 spiro atoms. The fraction of sp³-hybridized carbons (Fsp3) is 0.440. The summed E-state index contributed by atoms with van der Waals surface area (Å²) in [5.74, 6) is 2.04. The molecule has 0 radical (unpaired) electrons. The zero-order valence-corrected chi connectivity index (χ0v) is 22.1. The van der Waals surface area contributed by atoms with E-state index in [4.69, 9.17) is 14.2 Å². The molecular formula is C25H32N6O5S. The maximum Gasteiger partial charge on any atom is 0.322 e. The Balaban J connectivity index is 1.31. The number of ether oxygens (including phenoxy) is 3. The van der Waals surface area contributed by atoms with Crippen LogP contribution in [0.1, 0.15) is 25.7 Å². The SMILES string of the molecule is CCn1c(Oc2cccc(N3CCN(C)CC3)c2)nnc1[C@@H](C)NS(=O)(=O)c1ccc2c(c1)OCCO2. The number of piperazine rings is 1. The molecule has 0 unspecified atom stereocenters. The summed E-state index contributed by atoms with van der Waals surface area (Å²) >= 11 is 0. The lowest BCUT2D eigenvalue weighted by molar-refractivity contribution is 0.171. The quantitative estimate of drug-likeness (QED) is 0.472. The summed E-state index contributed by atoms with van der Waals surface area (Å²) in [5.41, 5.74) is 1.09. The number of anilines is 1. The van der Waals surface area contributed by atoms with Crippen molar-refractivity contribution in [1.29, 1.82) is 0 Å². The Hall–Kier alpha value is -3.35. The summed E-state index contributed by atoms with van der Waals surface area (Å²) in [4.78, 5) is 4.73. The minimum atomic E-state index is -3.85. The molecule has 11 nitrogen and oxygen atoms in total. The molecule has 1 aromatic heterocycles. The Bertz CT molecular complexity index is 1350. The maximum atomic E-state index is 13.1. The highest BCUT2D eigenvalue weighted by Gasteiger charge is 2.26. The second-order valence-corrected chi connectivity index (χ2v) is 10.8. The fourth-order valence-electron chi connectivity index (χ4n) is 4.45. The molecule has 0 saturated carbocycles. The van der Waals surface area contributed by atoms with E-state index in [-0.39, 0.29) is 4.90 Å². The molecule has 1 N–H and O–H groups in total. The Morgan fingerprint density at radius 1 is 1.03 bits per heavy atom. The highest BCUT2D eigenvalue weighted by molar-refractivity contribution is 7.89. The second kappa shape index (κ2) is 10.6. The van der Waals surface area contributed by atoms with Crippen LogP contribution < -0.4 is 23.8 Å². The van der Waals surface area contributed by atoms with Gasteiger partial charge in [0.05, 0.1) is 10.9 Å². The Morgan fingerprint density at radius 2 is 1.78 bits per heavy atom. The lowest BCUT2D eigenvalue weighted by atomic mass is 10.2. The molecule has 37 heavy (non-hydrogen) atoms. The molecule has 3 aromatic rings. The molecule has 0 amide bonds. The molecule has 1 fully saturated rings. The van der Waals surface area contributed by atoms with Gasteiger partial charge in [-0.05, 0) is 45.2 Å². The molecule has 1 atom stereocenters. The zero-order valence-electron chi connectivity index (χ0n) is 21.3. The van der Waals surface area contributed by atoms with Gasteiger partial charge >= 0.3 is 6.01 Å². The van der Waals surface area contributed by atoms with Gasteiger partial charge < -0.3 is 24.0 Å². The van der Waals surface area contributed by atoms with E-state index in [1.807, 2.05) is 25.1 Å². The molecule has 2 aliphatic heterocycles. The van der Waals surface area contributed by atoms with E-state index >= 15 is 0 Å². The molecule has 1 saturated heterocycles. The standard InChI is InChI=1S/C25H32N6O5S/c1-4-31-24(18(2)28-37(32,33)21-8-9-22-23(17-21)35-15-14-34-22)26-27-25(31)36-20-7-5-6-19(16-20)30-12-10-29(3)11-13-30/h5-9,16-18,28H,4,10-15H2,1-3H3/t18-/m1/s1. The summed E-state index contributed by atoms with van der Waals surface area (Å²) in [6.45, 7) is 8.91. The van der Waals surface area contributed by atoms with Gasteiger partial charge in [0, 0.05) is 50.5 Å². The molecule has 12 heteroatoms. The van der Waals surface area contributed by atoms with Crippen molar-refractivity contribution in [2.75, 3.05) is 51.3 Å². The summed E-state index contributed by atoms with van der Waals surface area (Å²) in [6.07, 6.45) is 0. The molecule has 2 aliphatic rings. The fourth-order valence-corrected chi connectivity index (χ4v) is 5.67. The van der Waals surface area contributed by atoms with Crippen molar-refractivity contribution in [3.05, 3.63) is 48.3 Å². The Labute approximate surface area is 217 Å². The number of nitrogens with one attached hydrogen (secondary N) is 1. The third kappa shape index (κ3) is 5.50. The number of nitrogens with zero attached hydrogens (tertiary/aromatic N) is 5. The molecule has 5 rings (SSSR count). The first-order valence-corrected chi connectivity index (χ1v) is 13.9. The van der Waals surface area contributed by atoms with Gasteiger partial charge in [-0.1, -0.05) is 11.2 Å². The van der Waals surface area contributed by atoms with Crippen molar-refractivity contribution in [2.24, 2.45) is 0 Å². The Morgan fingerprint density at radius 3 is 2.54 bits per heavy atom. The van der Waals surface area contributed by atoms with Crippen molar-refractivity contribution in [3.8, 4) is 23.3 Å². The third-order valence-corrected chi connectivity index (χ3v) is 8.04. The lowest BCUT2D eigenvalue weighted by Crippen LogP contribution is -2.44. The van der Waals surface area contributed by atoms with Gasteiger partial charge in [0.15, 0.2) is 17.3 Å². The van der Waals surface area contributed by atoms with Crippen LogP contribution in [0, 0.1) is 0 Å². The minimum absolute atomic E-state index is 0.0864. The van der Waals surface area contributed by atoms with E-state index in [0.717, 1.165) is 31.9 Å². The van der Waals surface area contributed by atoms with Gasteiger partial charge in [0.1, 0.15) is 19.0 Å². The van der Waals surface area contributed by atoms with Crippen LogP contribution in [0.3, 0.4) is 0 Å². The van der Waals surface area contributed by atoms with Crippen molar-refractivity contribution in [3.63, 3.8) is 0 Å².